The highest BCUT2D eigenvalue weighted by Crippen LogP contribution is 2.36. The zero-order chi connectivity index (χ0) is 8.60. The summed E-state index contributed by atoms with van der Waals surface area (Å²) in [7, 11) is 0. The monoisotopic (exact) mass is 244 g/mol. The summed E-state index contributed by atoms with van der Waals surface area (Å²) in [6.07, 6.45) is 0. The number of thiol groups is 1. The van der Waals surface area contributed by atoms with Crippen LogP contribution in [0.15, 0.2) is 28.7 Å². The van der Waals surface area contributed by atoms with Crippen LogP contribution in [0.25, 0.3) is 0 Å². The van der Waals surface area contributed by atoms with Crippen LogP contribution >= 0.6 is 28.6 Å². The first-order chi connectivity index (χ1) is 5.71. The summed E-state index contributed by atoms with van der Waals surface area (Å²) >= 11 is 8.00. The van der Waals surface area contributed by atoms with Crippen LogP contribution in [0.4, 0.5) is 0 Å². The van der Waals surface area contributed by atoms with Gasteiger partial charge in [-0.05, 0) is 17.7 Å². The lowest BCUT2D eigenvalue weighted by molar-refractivity contribution is -0.00971. The van der Waals surface area contributed by atoms with Gasteiger partial charge in [0.05, 0.1) is 18.0 Å². The lowest BCUT2D eigenvalue weighted by atomic mass is 9.97. The first kappa shape index (κ1) is 8.60. The number of halogens is 1. The molecule has 0 amide bonds. The molecule has 1 aromatic rings. The number of benzene rings is 1. The van der Waals surface area contributed by atoms with Gasteiger partial charge in [-0.15, -0.1) is 0 Å². The molecule has 1 heterocycles. The predicted octanol–water partition coefficient (Wildman–Crippen LogP) is 2.60. The molecule has 1 aromatic carbocycles. The second-order valence-corrected chi connectivity index (χ2v) is 4.81. The van der Waals surface area contributed by atoms with E-state index in [0.717, 1.165) is 4.47 Å². The third-order valence-corrected chi connectivity index (χ3v) is 3.05. The Morgan fingerprint density at radius 3 is 2.67 bits per heavy atom. The smallest absolute Gasteiger partial charge is 0.0845 e. The second-order valence-electron chi connectivity index (χ2n) is 3.03. The average Bonchev–Trinajstić information content (AvgIpc) is 2.00. The fraction of sp³-hybridized carbons (Fsp3) is 0.333. The third-order valence-electron chi connectivity index (χ3n) is 2.04. The van der Waals surface area contributed by atoms with Crippen molar-refractivity contribution in [3.63, 3.8) is 0 Å². The van der Waals surface area contributed by atoms with Crippen LogP contribution in [0.2, 0.25) is 0 Å². The number of hydrogen-bond donors (Lipinski definition) is 1. The Kier molecular flexibility index (Phi) is 2.19. The van der Waals surface area contributed by atoms with Gasteiger partial charge in [0, 0.05) is 4.47 Å². The second kappa shape index (κ2) is 3.05. The topological polar surface area (TPSA) is 9.23 Å². The summed E-state index contributed by atoms with van der Waals surface area (Å²) in [5.41, 5.74) is 1.23. The van der Waals surface area contributed by atoms with Crippen molar-refractivity contribution in [3.8, 4) is 0 Å². The summed E-state index contributed by atoms with van der Waals surface area (Å²) < 4.78 is 6.19. The highest BCUT2D eigenvalue weighted by Gasteiger charge is 2.36. The van der Waals surface area contributed by atoms with Gasteiger partial charge in [0.15, 0.2) is 0 Å². The molecule has 2 rings (SSSR count). The summed E-state index contributed by atoms with van der Waals surface area (Å²) in [5.74, 6) is 0. The molecular weight excluding hydrogens is 236 g/mol. The van der Waals surface area contributed by atoms with E-state index in [-0.39, 0.29) is 4.75 Å². The van der Waals surface area contributed by atoms with E-state index in [0.29, 0.717) is 13.2 Å². The molecule has 0 atom stereocenters. The molecule has 1 fully saturated rings. The first-order valence-electron chi connectivity index (χ1n) is 3.77. The van der Waals surface area contributed by atoms with Crippen LogP contribution in [0.5, 0.6) is 0 Å². The van der Waals surface area contributed by atoms with E-state index in [1.54, 1.807) is 0 Å². The fourth-order valence-electron chi connectivity index (χ4n) is 1.24. The molecule has 0 saturated carbocycles. The van der Waals surface area contributed by atoms with Crippen LogP contribution in [0.3, 0.4) is 0 Å². The van der Waals surface area contributed by atoms with Crippen molar-refractivity contribution in [1.29, 1.82) is 0 Å². The van der Waals surface area contributed by atoms with Gasteiger partial charge in [-0.1, -0.05) is 28.1 Å². The molecule has 3 heteroatoms. The Bertz CT molecular complexity index is 296. The standard InChI is InChI=1S/C9H9BrOS/c10-8-3-1-2-7(4-8)9(12)5-11-6-9/h1-4,12H,5-6H2. The van der Waals surface area contributed by atoms with Crippen molar-refractivity contribution < 1.29 is 4.74 Å². The number of ether oxygens (including phenoxy) is 1. The van der Waals surface area contributed by atoms with Gasteiger partial charge in [-0.25, -0.2) is 0 Å². The fourth-order valence-corrected chi connectivity index (χ4v) is 1.96. The molecule has 0 N–H and O–H groups in total. The number of hydrogen-bond acceptors (Lipinski definition) is 2. The zero-order valence-electron chi connectivity index (χ0n) is 6.46. The average molecular weight is 245 g/mol. The molecule has 1 aliphatic heterocycles. The van der Waals surface area contributed by atoms with Crippen molar-refractivity contribution in [3.05, 3.63) is 34.3 Å². The van der Waals surface area contributed by atoms with Gasteiger partial charge >= 0.3 is 0 Å². The van der Waals surface area contributed by atoms with E-state index in [9.17, 15) is 0 Å². The van der Waals surface area contributed by atoms with Gasteiger partial charge in [0.25, 0.3) is 0 Å². The Hall–Kier alpha value is 0.01000. The van der Waals surface area contributed by atoms with Crippen LogP contribution < -0.4 is 0 Å². The highest BCUT2D eigenvalue weighted by molar-refractivity contribution is 9.10. The maximum atomic E-state index is 5.14. The minimum absolute atomic E-state index is 0.0518. The largest absolute Gasteiger partial charge is 0.378 e. The molecule has 0 aromatic heterocycles. The molecule has 0 spiro atoms. The van der Waals surface area contributed by atoms with Gasteiger partial charge in [-0.2, -0.15) is 12.6 Å². The summed E-state index contributed by atoms with van der Waals surface area (Å²) in [6.45, 7) is 1.43. The van der Waals surface area contributed by atoms with E-state index in [1.165, 1.54) is 5.56 Å². The molecule has 0 aliphatic carbocycles. The van der Waals surface area contributed by atoms with Crippen LogP contribution in [0, 0.1) is 0 Å². The van der Waals surface area contributed by atoms with Crippen molar-refractivity contribution in [2.24, 2.45) is 0 Å². The van der Waals surface area contributed by atoms with Gasteiger partial charge < -0.3 is 4.74 Å². The highest BCUT2D eigenvalue weighted by atomic mass is 79.9. The SMILES string of the molecule is SC1(c2cccc(Br)c2)COC1. The quantitative estimate of drug-likeness (QED) is 0.748. The lowest BCUT2D eigenvalue weighted by Crippen LogP contribution is -2.41. The molecular formula is C9H9BrOS. The van der Waals surface area contributed by atoms with E-state index >= 15 is 0 Å². The molecule has 0 bridgehead atoms. The van der Waals surface area contributed by atoms with Crippen molar-refractivity contribution in [2.75, 3.05) is 13.2 Å². The Morgan fingerprint density at radius 1 is 1.42 bits per heavy atom. The van der Waals surface area contributed by atoms with Crippen LogP contribution in [-0.4, -0.2) is 13.2 Å². The Labute approximate surface area is 85.7 Å². The number of rotatable bonds is 1. The van der Waals surface area contributed by atoms with Gasteiger partial charge in [0.2, 0.25) is 0 Å². The van der Waals surface area contributed by atoms with Gasteiger partial charge in [-0.3, -0.25) is 0 Å². The molecule has 0 radical (unpaired) electrons. The Morgan fingerprint density at radius 2 is 2.17 bits per heavy atom. The van der Waals surface area contributed by atoms with Crippen LogP contribution in [0.1, 0.15) is 5.56 Å². The normalized spacial score (nSPS) is 20.2. The van der Waals surface area contributed by atoms with E-state index in [2.05, 4.69) is 40.7 Å². The maximum Gasteiger partial charge on any atom is 0.0845 e. The Balaban J connectivity index is 2.33. The first-order valence-corrected chi connectivity index (χ1v) is 5.01. The molecule has 1 nitrogen and oxygen atoms in total. The van der Waals surface area contributed by atoms with Crippen LogP contribution in [-0.2, 0) is 9.48 Å². The summed E-state index contributed by atoms with van der Waals surface area (Å²) in [5, 5.41) is 0. The summed E-state index contributed by atoms with van der Waals surface area (Å²) in [4.78, 5) is 0. The molecule has 1 saturated heterocycles. The van der Waals surface area contributed by atoms with E-state index < -0.39 is 0 Å². The molecule has 0 unspecified atom stereocenters. The molecule has 12 heavy (non-hydrogen) atoms. The summed E-state index contributed by atoms with van der Waals surface area (Å²) in [6, 6.07) is 8.21. The lowest BCUT2D eigenvalue weighted by Gasteiger charge is -2.37. The van der Waals surface area contributed by atoms with E-state index in [4.69, 9.17) is 4.74 Å². The van der Waals surface area contributed by atoms with E-state index in [1.807, 2.05) is 12.1 Å². The molecule has 1 aliphatic rings. The minimum atomic E-state index is -0.0518. The van der Waals surface area contributed by atoms with Crippen molar-refractivity contribution >= 4 is 28.6 Å². The predicted molar refractivity (Wildman–Crippen MR) is 55.6 cm³/mol. The maximum absolute atomic E-state index is 5.14. The van der Waals surface area contributed by atoms with Gasteiger partial charge in [0.1, 0.15) is 0 Å². The zero-order valence-corrected chi connectivity index (χ0v) is 8.94. The van der Waals surface area contributed by atoms with Crippen molar-refractivity contribution in [1.82, 2.24) is 0 Å². The minimum Gasteiger partial charge on any atom is -0.378 e. The third kappa shape index (κ3) is 1.41. The molecule has 64 valence electrons. The van der Waals surface area contributed by atoms with Crippen molar-refractivity contribution in [2.45, 2.75) is 4.75 Å².